The fourth-order valence-electron chi connectivity index (χ4n) is 2.31. The molecule has 8 heteroatoms. The van der Waals surface area contributed by atoms with Crippen molar-refractivity contribution in [2.24, 2.45) is 0 Å². The molecule has 0 aromatic heterocycles. The van der Waals surface area contributed by atoms with Gasteiger partial charge < -0.3 is 10.1 Å². The smallest absolute Gasteiger partial charge is 0.334 e. The molecule has 2 rings (SSSR count). The van der Waals surface area contributed by atoms with E-state index >= 15 is 0 Å². The highest BCUT2D eigenvalue weighted by Crippen LogP contribution is 2.24. The van der Waals surface area contributed by atoms with E-state index in [2.05, 4.69) is 15.6 Å². The molecule has 0 unspecified atom stereocenters. The van der Waals surface area contributed by atoms with Gasteiger partial charge in [-0.25, -0.2) is 13.2 Å². The molecule has 2 aromatic carbocycles. The lowest BCUT2D eigenvalue weighted by Crippen LogP contribution is -2.43. The Kier molecular flexibility index (Phi) is 6.45. The zero-order chi connectivity index (χ0) is 20.1. The summed E-state index contributed by atoms with van der Waals surface area (Å²) in [5.41, 5.74) is 3.51. The summed E-state index contributed by atoms with van der Waals surface area (Å²) in [6, 6.07) is 12.7. The van der Waals surface area contributed by atoms with E-state index in [1.165, 1.54) is 12.1 Å². The number of nitrogens with one attached hydrogen (secondary N) is 3. The lowest BCUT2D eigenvalue weighted by Gasteiger charge is -2.19. The Morgan fingerprint density at radius 3 is 2.26 bits per heavy atom. The predicted octanol–water partition coefficient (Wildman–Crippen LogP) is 3.40. The molecule has 0 aliphatic rings. The maximum atomic E-state index is 12.3. The number of amides is 2. The number of carbonyl (C=O) groups excluding carboxylic acids is 1. The lowest BCUT2D eigenvalue weighted by molar-refractivity contribution is 0.250. The minimum absolute atomic E-state index is 0.0607. The summed E-state index contributed by atoms with van der Waals surface area (Å²) in [5.74, 6) is 0.496. The van der Waals surface area contributed by atoms with Crippen LogP contribution >= 0.6 is 0 Å². The lowest BCUT2D eigenvalue weighted by atomic mass is 9.87. The van der Waals surface area contributed by atoms with Crippen LogP contribution in [0.15, 0.2) is 53.4 Å². The molecule has 3 N–H and O–H groups in total. The fraction of sp³-hybridized carbons (Fsp3) is 0.316. The second kappa shape index (κ2) is 8.41. The zero-order valence-electron chi connectivity index (χ0n) is 15.9. The molecule has 0 heterocycles. The normalized spacial score (nSPS) is 11.7. The third-order valence-electron chi connectivity index (χ3n) is 3.76. The van der Waals surface area contributed by atoms with Gasteiger partial charge in [-0.05, 0) is 42.2 Å². The van der Waals surface area contributed by atoms with E-state index in [1.54, 1.807) is 36.4 Å². The summed E-state index contributed by atoms with van der Waals surface area (Å²) in [6.07, 6.45) is 0. The Balaban J connectivity index is 2.02. The maximum Gasteiger partial charge on any atom is 0.334 e. The third kappa shape index (κ3) is 5.70. The minimum Gasteiger partial charge on any atom is -0.492 e. The van der Waals surface area contributed by atoms with Gasteiger partial charge >= 0.3 is 6.03 Å². The number of sulfonamides is 1. The molecule has 0 radical (unpaired) electrons. The largest absolute Gasteiger partial charge is 0.492 e. The van der Waals surface area contributed by atoms with Gasteiger partial charge in [-0.1, -0.05) is 45.0 Å². The third-order valence-corrected chi connectivity index (χ3v) is 5.03. The Bertz CT molecular complexity index is 888. The SMILES string of the molecule is CCOc1ccccc1NC(=O)NNS(=O)(=O)c1ccc(C(C)(C)C)cc1. The first-order valence-electron chi connectivity index (χ1n) is 8.54. The van der Waals surface area contributed by atoms with Crippen molar-refractivity contribution in [3.05, 3.63) is 54.1 Å². The van der Waals surface area contributed by atoms with Crippen molar-refractivity contribution in [1.82, 2.24) is 10.3 Å². The van der Waals surface area contributed by atoms with Crippen molar-refractivity contribution in [2.45, 2.75) is 38.0 Å². The van der Waals surface area contributed by atoms with E-state index < -0.39 is 16.1 Å². The summed E-state index contributed by atoms with van der Waals surface area (Å²) in [5, 5.41) is 2.55. The molecular weight excluding hydrogens is 366 g/mol. The molecule has 27 heavy (non-hydrogen) atoms. The molecule has 0 spiro atoms. The van der Waals surface area contributed by atoms with Gasteiger partial charge in [0.1, 0.15) is 5.75 Å². The van der Waals surface area contributed by atoms with Crippen LogP contribution in [0.5, 0.6) is 5.75 Å². The van der Waals surface area contributed by atoms with Crippen LogP contribution < -0.4 is 20.3 Å². The highest BCUT2D eigenvalue weighted by Gasteiger charge is 2.18. The van der Waals surface area contributed by atoms with Crippen molar-refractivity contribution in [3.63, 3.8) is 0 Å². The molecule has 0 bridgehead atoms. The number of benzene rings is 2. The molecule has 0 saturated heterocycles. The van der Waals surface area contributed by atoms with E-state index in [0.29, 0.717) is 18.0 Å². The van der Waals surface area contributed by atoms with Gasteiger partial charge in [-0.2, -0.15) is 0 Å². The molecule has 7 nitrogen and oxygen atoms in total. The Hall–Kier alpha value is -2.58. The molecule has 0 saturated carbocycles. The van der Waals surface area contributed by atoms with E-state index in [4.69, 9.17) is 4.74 Å². The van der Waals surface area contributed by atoms with Crippen LogP contribution in [0.25, 0.3) is 0 Å². The number of para-hydroxylation sites is 2. The van der Waals surface area contributed by atoms with Gasteiger partial charge in [-0.15, -0.1) is 4.83 Å². The molecule has 0 aliphatic carbocycles. The van der Waals surface area contributed by atoms with Crippen LogP contribution in [0.2, 0.25) is 0 Å². The van der Waals surface area contributed by atoms with Crippen molar-refractivity contribution in [3.8, 4) is 5.75 Å². The van der Waals surface area contributed by atoms with Gasteiger partial charge in [0.05, 0.1) is 17.2 Å². The van der Waals surface area contributed by atoms with Gasteiger partial charge in [0, 0.05) is 0 Å². The number of hydrazine groups is 1. The summed E-state index contributed by atoms with van der Waals surface area (Å²) >= 11 is 0. The molecule has 0 fully saturated rings. The number of urea groups is 1. The molecule has 0 atom stereocenters. The summed E-state index contributed by atoms with van der Waals surface area (Å²) in [6.45, 7) is 8.40. The van der Waals surface area contributed by atoms with Crippen LogP contribution in [0.3, 0.4) is 0 Å². The van der Waals surface area contributed by atoms with Gasteiger partial charge in [0.15, 0.2) is 0 Å². The van der Waals surface area contributed by atoms with Crippen molar-refractivity contribution in [1.29, 1.82) is 0 Å². The van der Waals surface area contributed by atoms with E-state index in [9.17, 15) is 13.2 Å². The first-order chi connectivity index (χ1) is 12.6. The first-order valence-corrected chi connectivity index (χ1v) is 10.0. The van der Waals surface area contributed by atoms with Gasteiger partial charge in [0.25, 0.3) is 10.0 Å². The van der Waals surface area contributed by atoms with Crippen LogP contribution in [-0.4, -0.2) is 21.1 Å². The van der Waals surface area contributed by atoms with E-state index in [0.717, 1.165) is 5.56 Å². The number of anilines is 1. The van der Waals surface area contributed by atoms with Crippen LogP contribution in [-0.2, 0) is 15.4 Å². The van der Waals surface area contributed by atoms with Crippen molar-refractivity contribution in [2.75, 3.05) is 11.9 Å². The molecule has 2 aromatic rings. The topological polar surface area (TPSA) is 96.5 Å². The average Bonchev–Trinajstić information content (AvgIpc) is 2.61. The highest BCUT2D eigenvalue weighted by atomic mass is 32.2. The summed E-state index contributed by atoms with van der Waals surface area (Å²) in [4.78, 5) is 14.2. The van der Waals surface area contributed by atoms with E-state index in [1.807, 2.05) is 27.7 Å². The second-order valence-corrected chi connectivity index (χ2v) is 8.57. The molecule has 2 amide bonds. The van der Waals surface area contributed by atoms with Gasteiger partial charge in [-0.3, -0.25) is 5.43 Å². The molecule has 0 aliphatic heterocycles. The number of rotatable bonds is 6. The minimum atomic E-state index is -3.88. The Labute approximate surface area is 160 Å². The Morgan fingerprint density at radius 2 is 1.67 bits per heavy atom. The van der Waals surface area contributed by atoms with Crippen LogP contribution in [0, 0.1) is 0 Å². The molecule has 146 valence electrons. The Morgan fingerprint density at radius 1 is 1.04 bits per heavy atom. The van der Waals surface area contributed by atoms with Crippen molar-refractivity contribution < 1.29 is 17.9 Å². The highest BCUT2D eigenvalue weighted by molar-refractivity contribution is 7.89. The van der Waals surface area contributed by atoms with Gasteiger partial charge in [0.2, 0.25) is 0 Å². The average molecular weight is 391 g/mol. The van der Waals surface area contributed by atoms with E-state index in [-0.39, 0.29) is 10.3 Å². The standard InChI is InChI=1S/C19H25N3O4S/c1-5-26-17-9-7-6-8-16(17)20-18(23)21-22-27(24,25)15-12-10-14(11-13-15)19(2,3)4/h6-13,22H,5H2,1-4H3,(H2,20,21,23). The monoisotopic (exact) mass is 391 g/mol. The summed E-state index contributed by atoms with van der Waals surface area (Å²) in [7, 11) is -3.88. The van der Waals surface area contributed by atoms with Crippen LogP contribution in [0.1, 0.15) is 33.3 Å². The first kappa shape index (κ1) is 20.7. The number of hydrogen-bond acceptors (Lipinski definition) is 4. The number of ether oxygens (including phenoxy) is 1. The summed E-state index contributed by atoms with van der Waals surface area (Å²) < 4.78 is 30.1. The predicted molar refractivity (Wildman–Crippen MR) is 105 cm³/mol. The fourth-order valence-corrected chi connectivity index (χ4v) is 3.15. The van der Waals surface area contributed by atoms with Crippen LogP contribution in [0.4, 0.5) is 10.5 Å². The zero-order valence-corrected chi connectivity index (χ0v) is 16.7. The second-order valence-electron chi connectivity index (χ2n) is 6.89. The number of hydrogen-bond donors (Lipinski definition) is 3. The van der Waals surface area contributed by atoms with Crippen molar-refractivity contribution >= 4 is 21.7 Å². The quantitative estimate of drug-likeness (QED) is 0.658. The number of carbonyl (C=O) groups is 1. The molecular formula is C19H25N3O4S. The maximum absolute atomic E-state index is 12.3.